The topological polar surface area (TPSA) is 63.1 Å². The summed E-state index contributed by atoms with van der Waals surface area (Å²) in [6, 6.07) is 9.51. The van der Waals surface area contributed by atoms with Gasteiger partial charge in [-0.2, -0.15) is 0 Å². The molecule has 0 aliphatic heterocycles. The van der Waals surface area contributed by atoms with Crippen LogP contribution in [0.3, 0.4) is 0 Å². The lowest BCUT2D eigenvalue weighted by Gasteiger charge is -1.93. The van der Waals surface area contributed by atoms with Crippen LogP contribution in [0.25, 0.3) is 22.7 Å². The largest absolute Gasteiger partial charge is 0.477 e. The molecule has 3 aromatic rings. The van der Waals surface area contributed by atoms with Gasteiger partial charge in [0.15, 0.2) is 0 Å². The average molecular weight is 326 g/mol. The molecule has 0 spiro atoms. The minimum absolute atomic E-state index is 0.155. The Morgan fingerprint density at radius 1 is 1.17 bits per heavy atom. The summed E-state index contributed by atoms with van der Waals surface area (Å²) >= 11 is 1.10. The van der Waals surface area contributed by atoms with E-state index in [-0.39, 0.29) is 10.7 Å². The maximum Gasteiger partial charge on any atom is 0.348 e. The van der Waals surface area contributed by atoms with Crippen molar-refractivity contribution in [2.24, 2.45) is 0 Å². The Morgan fingerprint density at radius 2 is 1.96 bits per heavy atom. The van der Waals surface area contributed by atoms with Gasteiger partial charge in [0.05, 0.1) is 5.69 Å². The highest BCUT2D eigenvalue weighted by Gasteiger charge is 2.16. The molecule has 114 valence electrons. The number of hydrogen-bond donors (Lipinski definition) is 1. The van der Waals surface area contributed by atoms with Crippen LogP contribution < -0.4 is 0 Å². The second-order valence-electron chi connectivity index (χ2n) is 4.67. The van der Waals surface area contributed by atoms with Gasteiger partial charge in [0.25, 0.3) is 0 Å². The molecule has 0 radical (unpaired) electrons. The monoisotopic (exact) mass is 326 g/mol. The highest BCUT2D eigenvalue weighted by atomic mass is 32.1. The van der Waals surface area contributed by atoms with E-state index in [2.05, 4.69) is 9.97 Å². The van der Waals surface area contributed by atoms with Crippen molar-refractivity contribution < 1.29 is 14.3 Å². The number of carbonyl (C=O) groups is 1. The molecular formula is C17H11FN2O2S. The number of aromatic carboxylic acids is 1. The number of carboxylic acids is 1. The van der Waals surface area contributed by atoms with Crippen molar-refractivity contribution in [3.63, 3.8) is 0 Å². The normalized spacial score (nSPS) is 11.0. The van der Waals surface area contributed by atoms with Gasteiger partial charge in [-0.3, -0.25) is 4.98 Å². The Kier molecular flexibility index (Phi) is 4.25. The van der Waals surface area contributed by atoms with Crippen LogP contribution in [0.15, 0.2) is 48.8 Å². The Bertz CT molecular complexity index is 858. The number of benzene rings is 1. The van der Waals surface area contributed by atoms with Crippen LogP contribution in [0.5, 0.6) is 0 Å². The first-order chi connectivity index (χ1) is 11.1. The summed E-state index contributed by atoms with van der Waals surface area (Å²) in [5, 5.41) is 9.92. The van der Waals surface area contributed by atoms with Gasteiger partial charge < -0.3 is 5.11 Å². The van der Waals surface area contributed by atoms with Crippen LogP contribution in [0, 0.1) is 5.82 Å². The molecular weight excluding hydrogens is 315 g/mol. The molecule has 2 aromatic heterocycles. The summed E-state index contributed by atoms with van der Waals surface area (Å²) in [4.78, 5) is 19.9. The number of aromatic nitrogens is 2. The number of halogens is 1. The number of hydrogen-bond acceptors (Lipinski definition) is 4. The number of thiazole rings is 1. The molecule has 3 rings (SSSR count). The number of nitrogens with zero attached hydrogens (tertiary/aromatic N) is 2. The molecule has 1 N–H and O–H groups in total. The van der Waals surface area contributed by atoms with Gasteiger partial charge in [-0.25, -0.2) is 14.2 Å². The van der Waals surface area contributed by atoms with Crippen molar-refractivity contribution in [1.29, 1.82) is 0 Å². The zero-order valence-electron chi connectivity index (χ0n) is 11.8. The maximum absolute atomic E-state index is 12.9. The van der Waals surface area contributed by atoms with E-state index >= 15 is 0 Å². The predicted octanol–water partition coefficient (Wildman–Crippen LogP) is 4.21. The van der Waals surface area contributed by atoms with E-state index in [1.54, 1.807) is 42.7 Å². The Hall–Kier alpha value is -2.86. The van der Waals surface area contributed by atoms with Crippen molar-refractivity contribution in [1.82, 2.24) is 9.97 Å². The molecule has 2 heterocycles. The molecule has 0 aliphatic rings. The van der Waals surface area contributed by atoms with E-state index in [4.69, 9.17) is 0 Å². The summed E-state index contributed by atoms with van der Waals surface area (Å²) in [7, 11) is 0. The van der Waals surface area contributed by atoms with Crippen LogP contribution in [0.1, 0.15) is 20.9 Å². The SMILES string of the molecule is O=C(O)c1sc(-c2cccnc2)nc1/C=C/c1ccc(F)cc1. The molecule has 0 saturated carbocycles. The van der Waals surface area contributed by atoms with Gasteiger partial charge in [0, 0.05) is 18.0 Å². The molecule has 0 saturated heterocycles. The molecule has 4 nitrogen and oxygen atoms in total. The van der Waals surface area contributed by atoms with Gasteiger partial charge >= 0.3 is 5.97 Å². The third kappa shape index (κ3) is 3.49. The molecule has 1 aromatic carbocycles. The van der Waals surface area contributed by atoms with Crippen LogP contribution in [0.2, 0.25) is 0 Å². The molecule has 6 heteroatoms. The lowest BCUT2D eigenvalue weighted by Crippen LogP contribution is -1.94. The van der Waals surface area contributed by atoms with Crippen molar-refractivity contribution >= 4 is 29.5 Å². The zero-order valence-corrected chi connectivity index (χ0v) is 12.6. The standard InChI is InChI=1S/C17H11FN2O2S/c18-13-6-3-11(4-7-13)5-8-14-15(17(21)22)23-16(20-14)12-2-1-9-19-10-12/h1-10H,(H,21,22)/b8-5+. The lowest BCUT2D eigenvalue weighted by molar-refractivity contribution is 0.0701. The molecule has 0 unspecified atom stereocenters. The fraction of sp³-hybridized carbons (Fsp3) is 0. The minimum Gasteiger partial charge on any atom is -0.477 e. The smallest absolute Gasteiger partial charge is 0.348 e. The quantitative estimate of drug-likeness (QED) is 0.780. The summed E-state index contributed by atoms with van der Waals surface area (Å²) in [6.07, 6.45) is 6.60. The Labute approximate surface area is 135 Å². The third-order valence-electron chi connectivity index (χ3n) is 3.06. The third-order valence-corrected chi connectivity index (χ3v) is 4.17. The van der Waals surface area contributed by atoms with Gasteiger partial charge in [0.1, 0.15) is 15.7 Å². The van der Waals surface area contributed by atoms with Crippen LogP contribution >= 0.6 is 11.3 Å². The van der Waals surface area contributed by atoms with E-state index in [9.17, 15) is 14.3 Å². The van der Waals surface area contributed by atoms with Crippen LogP contribution in [0.4, 0.5) is 4.39 Å². The van der Waals surface area contributed by atoms with Gasteiger partial charge in [0.2, 0.25) is 0 Å². The first-order valence-electron chi connectivity index (χ1n) is 6.71. The molecule has 0 fully saturated rings. The van der Waals surface area contributed by atoms with Gasteiger partial charge in [-0.15, -0.1) is 11.3 Å². The second-order valence-corrected chi connectivity index (χ2v) is 5.66. The molecule has 0 atom stereocenters. The number of rotatable bonds is 4. The van der Waals surface area contributed by atoms with Gasteiger partial charge in [-0.1, -0.05) is 18.2 Å². The summed E-state index contributed by atoms with van der Waals surface area (Å²) in [5.74, 6) is -1.35. The summed E-state index contributed by atoms with van der Waals surface area (Å²) < 4.78 is 12.9. The second kappa shape index (κ2) is 6.50. The fourth-order valence-corrected chi connectivity index (χ4v) is 2.84. The number of carboxylic acid groups (broad SMARTS) is 1. The highest BCUT2D eigenvalue weighted by Crippen LogP contribution is 2.28. The van der Waals surface area contributed by atoms with Crippen molar-refractivity contribution in [3.05, 3.63) is 70.7 Å². The van der Waals surface area contributed by atoms with Crippen molar-refractivity contribution in [2.75, 3.05) is 0 Å². The highest BCUT2D eigenvalue weighted by molar-refractivity contribution is 7.17. The number of pyridine rings is 1. The van der Waals surface area contributed by atoms with E-state index in [1.165, 1.54) is 12.1 Å². The average Bonchev–Trinajstić information content (AvgIpc) is 3.00. The zero-order chi connectivity index (χ0) is 16.2. The van der Waals surface area contributed by atoms with Crippen LogP contribution in [-0.4, -0.2) is 21.0 Å². The van der Waals surface area contributed by atoms with E-state index in [0.29, 0.717) is 10.7 Å². The molecule has 0 amide bonds. The van der Waals surface area contributed by atoms with Gasteiger partial charge in [-0.05, 0) is 35.9 Å². The van der Waals surface area contributed by atoms with E-state index in [0.717, 1.165) is 22.5 Å². The summed E-state index contributed by atoms with van der Waals surface area (Å²) in [5.41, 5.74) is 1.89. The summed E-state index contributed by atoms with van der Waals surface area (Å²) in [6.45, 7) is 0. The molecule has 0 bridgehead atoms. The van der Waals surface area contributed by atoms with Crippen LogP contribution in [-0.2, 0) is 0 Å². The Balaban J connectivity index is 1.96. The first-order valence-corrected chi connectivity index (χ1v) is 7.53. The van der Waals surface area contributed by atoms with Crippen molar-refractivity contribution in [2.45, 2.75) is 0 Å². The van der Waals surface area contributed by atoms with Crippen molar-refractivity contribution in [3.8, 4) is 10.6 Å². The first kappa shape index (κ1) is 15.1. The lowest BCUT2D eigenvalue weighted by atomic mass is 10.2. The minimum atomic E-state index is -1.03. The molecule has 0 aliphatic carbocycles. The Morgan fingerprint density at radius 3 is 2.61 bits per heavy atom. The van der Waals surface area contributed by atoms with E-state index < -0.39 is 5.97 Å². The molecule has 23 heavy (non-hydrogen) atoms. The predicted molar refractivity (Wildman–Crippen MR) is 87.6 cm³/mol. The fourth-order valence-electron chi connectivity index (χ4n) is 1.96. The van der Waals surface area contributed by atoms with E-state index in [1.807, 2.05) is 6.07 Å². The maximum atomic E-state index is 12.9.